The molecule has 0 radical (unpaired) electrons. The van der Waals surface area contributed by atoms with Crippen LogP contribution in [0.3, 0.4) is 0 Å². The largest absolute Gasteiger partial charge is 0.497 e. The zero-order valence-corrected chi connectivity index (χ0v) is 18.1. The minimum Gasteiger partial charge on any atom is -0.497 e. The number of hydrogen-bond acceptors (Lipinski definition) is 7. The average molecular weight is 408 g/mol. The van der Waals surface area contributed by atoms with E-state index in [1.165, 1.54) is 0 Å². The van der Waals surface area contributed by atoms with Crippen LogP contribution in [0.5, 0.6) is 5.75 Å². The smallest absolute Gasteiger partial charge is 0.197 e. The summed E-state index contributed by atoms with van der Waals surface area (Å²) in [4.78, 5) is 0. The molecule has 1 aromatic carbocycles. The lowest BCUT2D eigenvalue weighted by Crippen LogP contribution is -2.57. The lowest BCUT2D eigenvalue weighted by molar-refractivity contribution is -0.329. The Balaban J connectivity index is 1.70. The highest BCUT2D eigenvalue weighted by Crippen LogP contribution is 2.48. The molecule has 3 fully saturated rings. The summed E-state index contributed by atoms with van der Waals surface area (Å²) < 4.78 is 42.7. The maximum absolute atomic E-state index is 6.69. The monoisotopic (exact) mass is 408 g/mol. The zero-order chi connectivity index (χ0) is 20.9. The van der Waals surface area contributed by atoms with Crippen LogP contribution < -0.4 is 4.74 Å². The van der Waals surface area contributed by atoms with Gasteiger partial charge in [-0.15, -0.1) is 0 Å². The van der Waals surface area contributed by atoms with E-state index in [4.69, 9.17) is 33.2 Å². The number of rotatable bonds is 5. The number of benzene rings is 1. The van der Waals surface area contributed by atoms with Crippen molar-refractivity contribution in [2.75, 3.05) is 20.3 Å². The molecule has 0 saturated carbocycles. The van der Waals surface area contributed by atoms with E-state index in [-0.39, 0.29) is 18.3 Å². The fourth-order valence-corrected chi connectivity index (χ4v) is 4.50. The van der Waals surface area contributed by atoms with Crippen molar-refractivity contribution >= 4 is 0 Å². The zero-order valence-electron chi connectivity index (χ0n) is 18.1. The van der Waals surface area contributed by atoms with Gasteiger partial charge in [-0.1, -0.05) is 0 Å². The molecule has 0 aliphatic carbocycles. The summed E-state index contributed by atoms with van der Waals surface area (Å²) in [6.07, 6.45) is -0.613. The SMILES string of the molecule is CCO[C@@]1(c2ccc(OC)cc2)C[C@H]2OC(C)(C)O[C@H]2[C@@H]([C@H]2COC(C)(C)O2)O1. The first kappa shape index (κ1) is 21.0. The summed E-state index contributed by atoms with van der Waals surface area (Å²) in [6, 6.07) is 7.77. The van der Waals surface area contributed by atoms with Crippen LogP contribution in [0.4, 0.5) is 0 Å². The molecule has 162 valence electrons. The Morgan fingerprint density at radius 2 is 1.55 bits per heavy atom. The lowest BCUT2D eigenvalue weighted by atomic mass is 9.89. The van der Waals surface area contributed by atoms with E-state index < -0.39 is 23.5 Å². The molecule has 3 aliphatic heterocycles. The van der Waals surface area contributed by atoms with Crippen LogP contribution in [0.25, 0.3) is 0 Å². The number of ether oxygens (including phenoxy) is 7. The normalized spacial score (nSPS) is 38.0. The highest BCUT2D eigenvalue weighted by Gasteiger charge is 2.59. The number of fused-ring (bicyclic) bond motifs is 1. The molecule has 0 N–H and O–H groups in total. The van der Waals surface area contributed by atoms with Gasteiger partial charge in [0.05, 0.1) is 19.8 Å². The van der Waals surface area contributed by atoms with Crippen molar-refractivity contribution < 1.29 is 33.2 Å². The third-order valence-electron chi connectivity index (χ3n) is 5.65. The third kappa shape index (κ3) is 4.04. The van der Waals surface area contributed by atoms with Gasteiger partial charge in [-0.25, -0.2) is 0 Å². The first-order valence-corrected chi connectivity index (χ1v) is 10.3. The van der Waals surface area contributed by atoms with E-state index in [1.807, 2.05) is 58.9 Å². The van der Waals surface area contributed by atoms with Crippen molar-refractivity contribution in [2.24, 2.45) is 0 Å². The molecular weight excluding hydrogens is 376 g/mol. The van der Waals surface area contributed by atoms with Crippen molar-refractivity contribution in [3.05, 3.63) is 29.8 Å². The van der Waals surface area contributed by atoms with E-state index in [9.17, 15) is 0 Å². The van der Waals surface area contributed by atoms with Gasteiger partial charge in [-0.2, -0.15) is 0 Å². The van der Waals surface area contributed by atoms with E-state index >= 15 is 0 Å². The summed E-state index contributed by atoms with van der Waals surface area (Å²) in [6.45, 7) is 10.5. The van der Waals surface area contributed by atoms with Crippen molar-refractivity contribution in [1.82, 2.24) is 0 Å². The number of methoxy groups -OCH3 is 1. The Labute approximate surface area is 172 Å². The highest BCUT2D eigenvalue weighted by atomic mass is 16.8. The maximum Gasteiger partial charge on any atom is 0.197 e. The minimum atomic E-state index is -0.966. The van der Waals surface area contributed by atoms with Crippen LogP contribution in [0, 0.1) is 0 Å². The second-order valence-corrected chi connectivity index (χ2v) is 8.71. The van der Waals surface area contributed by atoms with Crippen LogP contribution >= 0.6 is 0 Å². The molecule has 29 heavy (non-hydrogen) atoms. The quantitative estimate of drug-likeness (QED) is 0.740. The molecule has 5 atom stereocenters. The van der Waals surface area contributed by atoms with Crippen LogP contribution in [-0.2, 0) is 34.2 Å². The van der Waals surface area contributed by atoms with Crippen LogP contribution in [0.2, 0.25) is 0 Å². The Morgan fingerprint density at radius 3 is 2.14 bits per heavy atom. The Morgan fingerprint density at radius 1 is 0.897 bits per heavy atom. The van der Waals surface area contributed by atoms with Crippen molar-refractivity contribution in [3.8, 4) is 5.75 Å². The summed E-state index contributed by atoms with van der Waals surface area (Å²) in [5, 5.41) is 0. The molecule has 0 unspecified atom stereocenters. The Hall–Kier alpha value is -1.22. The molecule has 0 spiro atoms. The summed E-state index contributed by atoms with van der Waals surface area (Å²) in [5.74, 6) is -1.55. The molecule has 0 amide bonds. The first-order valence-electron chi connectivity index (χ1n) is 10.3. The second kappa shape index (κ2) is 7.48. The fraction of sp³-hybridized carbons (Fsp3) is 0.727. The average Bonchev–Trinajstić information content (AvgIpc) is 3.18. The van der Waals surface area contributed by atoms with Gasteiger partial charge in [-0.05, 0) is 58.9 Å². The Kier molecular flexibility index (Phi) is 5.42. The standard InChI is InChI=1S/C22H32O7/c1-7-24-22(14-8-10-15(23-6)11-9-14)12-16-18(28-21(4,5)26-16)19(29-22)17-13-25-20(2,3)27-17/h8-11,16-19H,7,12-13H2,1-6H3/t16-,17-,18-,19-,22+/m1/s1. The van der Waals surface area contributed by atoms with E-state index in [0.717, 1.165) is 11.3 Å². The maximum atomic E-state index is 6.69. The summed E-state index contributed by atoms with van der Waals surface area (Å²) in [5.41, 5.74) is 0.912. The van der Waals surface area contributed by atoms with Crippen LogP contribution in [0.15, 0.2) is 24.3 Å². The molecule has 7 nitrogen and oxygen atoms in total. The molecule has 4 rings (SSSR count). The molecular formula is C22H32O7. The van der Waals surface area contributed by atoms with Gasteiger partial charge >= 0.3 is 0 Å². The van der Waals surface area contributed by atoms with E-state index in [0.29, 0.717) is 19.6 Å². The van der Waals surface area contributed by atoms with Gasteiger partial charge < -0.3 is 33.2 Å². The van der Waals surface area contributed by atoms with Crippen molar-refractivity contribution in [3.63, 3.8) is 0 Å². The van der Waals surface area contributed by atoms with E-state index in [1.54, 1.807) is 7.11 Å². The van der Waals surface area contributed by atoms with Crippen molar-refractivity contribution in [2.45, 2.75) is 82.8 Å². The van der Waals surface area contributed by atoms with Gasteiger partial charge in [0.15, 0.2) is 17.4 Å². The molecule has 1 aromatic rings. The molecule has 3 heterocycles. The predicted octanol–water partition coefficient (Wildman–Crippen LogP) is 3.35. The number of hydrogen-bond donors (Lipinski definition) is 0. The summed E-state index contributed by atoms with van der Waals surface area (Å²) in [7, 11) is 1.65. The second-order valence-electron chi connectivity index (χ2n) is 8.71. The van der Waals surface area contributed by atoms with Gasteiger partial charge in [0, 0.05) is 18.6 Å². The highest BCUT2D eigenvalue weighted by molar-refractivity contribution is 5.30. The van der Waals surface area contributed by atoms with Gasteiger partial charge in [-0.3, -0.25) is 0 Å². The van der Waals surface area contributed by atoms with Gasteiger partial charge in [0.25, 0.3) is 0 Å². The summed E-state index contributed by atoms with van der Waals surface area (Å²) >= 11 is 0. The van der Waals surface area contributed by atoms with Crippen LogP contribution in [-0.4, -0.2) is 56.3 Å². The van der Waals surface area contributed by atoms with E-state index in [2.05, 4.69) is 0 Å². The Bertz CT molecular complexity index is 716. The fourth-order valence-electron chi connectivity index (χ4n) is 4.50. The third-order valence-corrected chi connectivity index (χ3v) is 5.65. The van der Waals surface area contributed by atoms with Crippen LogP contribution in [0.1, 0.15) is 46.6 Å². The van der Waals surface area contributed by atoms with Gasteiger partial charge in [0.1, 0.15) is 24.1 Å². The van der Waals surface area contributed by atoms with Gasteiger partial charge in [0.2, 0.25) is 0 Å². The predicted molar refractivity (Wildman–Crippen MR) is 105 cm³/mol. The molecule has 0 aromatic heterocycles. The molecule has 3 saturated heterocycles. The molecule has 0 bridgehead atoms. The minimum absolute atomic E-state index is 0.190. The lowest BCUT2D eigenvalue weighted by Gasteiger charge is -2.46. The topological polar surface area (TPSA) is 64.6 Å². The van der Waals surface area contributed by atoms with Crippen molar-refractivity contribution in [1.29, 1.82) is 0 Å². The molecule has 3 aliphatic rings. The first-order chi connectivity index (χ1) is 13.7. The molecule has 7 heteroatoms.